The molecule has 1 aromatic carbocycles. The van der Waals surface area contributed by atoms with E-state index in [4.69, 9.17) is 4.98 Å². The number of nitrogens with zero attached hydrogens (tertiary/aromatic N) is 5. The van der Waals surface area contributed by atoms with Crippen LogP contribution in [-0.2, 0) is 26.3 Å². The van der Waals surface area contributed by atoms with Crippen LogP contribution < -0.4 is 13.9 Å². The van der Waals surface area contributed by atoms with Crippen LogP contribution in [0.5, 0.6) is 0 Å². The molecule has 41 heavy (non-hydrogen) atoms. The highest BCUT2D eigenvalue weighted by Gasteiger charge is 2.32. The van der Waals surface area contributed by atoms with Crippen LogP contribution in [0.15, 0.2) is 30.3 Å². The van der Waals surface area contributed by atoms with Gasteiger partial charge in [-0.3, -0.25) is 18.7 Å². The molecule has 3 heterocycles. The van der Waals surface area contributed by atoms with Gasteiger partial charge in [0.25, 0.3) is 0 Å². The summed E-state index contributed by atoms with van der Waals surface area (Å²) in [5, 5.41) is 9.88. The number of aromatic nitrogens is 1. The number of rotatable bonds is 10. The summed E-state index contributed by atoms with van der Waals surface area (Å²) >= 11 is 0. The quantitative estimate of drug-likeness (QED) is 0.420. The van der Waals surface area contributed by atoms with Crippen LogP contribution in [0.3, 0.4) is 0 Å². The number of nitriles is 1. The highest BCUT2D eigenvalue weighted by Crippen LogP contribution is 2.29. The number of pyridine rings is 1. The minimum atomic E-state index is -4.21. The highest BCUT2D eigenvalue weighted by molar-refractivity contribution is 7.91. The Hall–Kier alpha value is -4.05. The molecule has 2 fully saturated rings. The molecule has 0 radical (unpaired) electrons. The maximum atomic E-state index is 13.2. The Morgan fingerprint density at radius 3 is 2.46 bits per heavy atom. The minimum Gasteiger partial charge on any atom is -0.355 e. The van der Waals surface area contributed by atoms with Gasteiger partial charge in [0.05, 0.1) is 23.5 Å². The summed E-state index contributed by atoms with van der Waals surface area (Å²) in [6.45, 7) is 3.31. The fraction of sp³-hybridized carbons (Fsp3) is 0.464. The van der Waals surface area contributed by atoms with E-state index in [1.807, 2.05) is 11.8 Å². The Balaban J connectivity index is 1.48. The van der Waals surface area contributed by atoms with E-state index < -0.39 is 27.9 Å². The first-order valence-electron chi connectivity index (χ1n) is 13.6. The predicted molar refractivity (Wildman–Crippen MR) is 150 cm³/mol. The number of halogens is 1. The van der Waals surface area contributed by atoms with Crippen LogP contribution in [0.2, 0.25) is 0 Å². The van der Waals surface area contributed by atoms with Gasteiger partial charge in [0.2, 0.25) is 11.8 Å². The van der Waals surface area contributed by atoms with Gasteiger partial charge in [0, 0.05) is 51.0 Å². The van der Waals surface area contributed by atoms with Gasteiger partial charge in [-0.15, -0.1) is 0 Å². The fourth-order valence-electron chi connectivity index (χ4n) is 5.06. The Morgan fingerprint density at radius 1 is 1.20 bits per heavy atom. The van der Waals surface area contributed by atoms with Crippen molar-refractivity contribution >= 4 is 39.3 Å². The number of hydrogen-bond donors (Lipinski definition) is 1. The molecular formula is C28H33FN6O5S. The standard InChI is InChI=1S/C28H33FN6O5S/c1-3-5-25(36)23-16-20(17-30)27(31-24(23)18-35-13-4-6-26(35)37)34-14-11-19(12-15-34)28(38)32-41(39,40)33(2)22-9-7-21(29)8-10-22/h7-10,16,19H,3-6,11-15,18H2,1-2H3,(H,32,38). The number of benzene rings is 1. The van der Waals surface area contributed by atoms with E-state index in [-0.39, 0.29) is 29.5 Å². The van der Waals surface area contributed by atoms with E-state index in [9.17, 15) is 32.5 Å². The van der Waals surface area contributed by atoms with Crippen LogP contribution in [-0.4, -0.2) is 62.6 Å². The van der Waals surface area contributed by atoms with Crippen molar-refractivity contribution in [2.24, 2.45) is 5.92 Å². The number of carbonyl (C=O) groups excluding carboxylic acids is 3. The Kier molecular flexibility index (Phi) is 9.22. The summed E-state index contributed by atoms with van der Waals surface area (Å²) in [7, 11) is -2.95. The summed E-state index contributed by atoms with van der Waals surface area (Å²) in [5.41, 5.74) is 1.22. The van der Waals surface area contributed by atoms with Crippen LogP contribution in [0, 0.1) is 23.1 Å². The van der Waals surface area contributed by atoms with Gasteiger partial charge in [-0.25, -0.2) is 14.1 Å². The monoisotopic (exact) mass is 584 g/mol. The molecule has 2 amide bonds. The maximum absolute atomic E-state index is 13.2. The molecule has 218 valence electrons. The number of Topliss-reactive ketones (excluding diaryl/α,β-unsaturated/α-hetero) is 1. The highest BCUT2D eigenvalue weighted by atomic mass is 32.2. The zero-order valence-electron chi connectivity index (χ0n) is 23.1. The van der Waals surface area contributed by atoms with Crippen LogP contribution in [0.4, 0.5) is 15.9 Å². The molecule has 0 aliphatic carbocycles. The van der Waals surface area contributed by atoms with Gasteiger partial charge in [-0.1, -0.05) is 6.92 Å². The largest absolute Gasteiger partial charge is 0.355 e. The lowest BCUT2D eigenvalue weighted by Crippen LogP contribution is -2.47. The van der Waals surface area contributed by atoms with Gasteiger partial charge < -0.3 is 9.80 Å². The first kappa shape index (κ1) is 29.9. The Bertz CT molecular complexity index is 1470. The lowest BCUT2D eigenvalue weighted by molar-refractivity contribution is -0.128. The number of amides is 2. The summed E-state index contributed by atoms with van der Waals surface area (Å²) in [6, 6.07) is 8.53. The van der Waals surface area contributed by atoms with E-state index in [0.717, 1.165) is 22.9 Å². The van der Waals surface area contributed by atoms with Crippen molar-refractivity contribution in [2.45, 2.75) is 52.0 Å². The molecule has 0 saturated carbocycles. The third kappa shape index (κ3) is 6.82. The predicted octanol–water partition coefficient (Wildman–Crippen LogP) is 2.91. The Labute approximate surface area is 239 Å². The molecule has 0 bridgehead atoms. The third-order valence-electron chi connectivity index (χ3n) is 7.44. The van der Waals surface area contributed by atoms with Gasteiger partial charge in [-0.2, -0.15) is 13.7 Å². The van der Waals surface area contributed by atoms with Crippen molar-refractivity contribution in [3.63, 3.8) is 0 Å². The molecule has 13 heteroatoms. The zero-order valence-corrected chi connectivity index (χ0v) is 23.9. The van der Waals surface area contributed by atoms with E-state index in [1.165, 1.54) is 19.2 Å². The molecule has 11 nitrogen and oxygen atoms in total. The van der Waals surface area contributed by atoms with E-state index >= 15 is 0 Å². The lowest BCUT2D eigenvalue weighted by atomic mass is 9.95. The summed E-state index contributed by atoms with van der Waals surface area (Å²) in [6.07, 6.45) is 2.75. The average molecular weight is 585 g/mol. The number of likely N-dealkylation sites (tertiary alicyclic amines) is 1. The molecule has 0 atom stereocenters. The van der Waals surface area contributed by atoms with E-state index in [0.29, 0.717) is 68.8 Å². The maximum Gasteiger partial charge on any atom is 0.325 e. The van der Waals surface area contributed by atoms with Crippen LogP contribution in [0.25, 0.3) is 0 Å². The first-order valence-corrected chi connectivity index (χ1v) is 15.0. The number of ketones is 1. The zero-order chi connectivity index (χ0) is 29.7. The molecule has 2 aromatic rings. The second kappa shape index (κ2) is 12.6. The number of hydrogen-bond acceptors (Lipinski definition) is 8. The molecule has 1 N–H and O–H groups in total. The van der Waals surface area contributed by atoms with Crippen molar-refractivity contribution in [1.82, 2.24) is 14.6 Å². The molecule has 4 rings (SSSR count). The molecule has 2 aliphatic heterocycles. The third-order valence-corrected chi connectivity index (χ3v) is 8.83. The fourth-order valence-corrected chi connectivity index (χ4v) is 6.02. The average Bonchev–Trinajstić information content (AvgIpc) is 3.36. The summed E-state index contributed by atoms with van der Waals surface area (Å²) in [4.78, 5) is 46.3. The summed E-state index contributed by atoms with van der Waals surface area (Å²) < 4.78 is 41.7. The minimum absolute atomic E-state index is 0.00143. The van der Waals surface area contributed by atoms with Crippen molar-refractivity contribution < 1.29 is 27.2 Å². The van der Waals surface area contributed by atoms with Gasteiger partial charge in [-0.05, 0) is 56.0 Å². The molecular weight excluding hydrogens is 551 g/mol. The van der Waals surface area contributed by atoms with Crippen molar-refractivity contribution in [2.75, 3.05) is 35.9 Å². The molecule has 2 aliphatic rings. The van der Waals surface area contributed by atoms with Crippen molar-refractivity contribution in [3.05, 3.63) is 53.0 Å². The van der Waals surface area contributed by atoms with E-state index in [2.05, 4.69) is 10.8 Å². The van der Waals surface area contributed by atoms with Gasteiger partial charge in [0.1, 0.15) is 17.7 Å². The number of carbonyl (C=O) groups is 3. The second-order valence-corrected chi connectivity index (χ2v) is 11.9. The molecule has 1 aromatic heterocycles. The first-order chi connectivity index (χ1) is 19.5. The van der Waals surface area contributed by atoms with Gasteiger partial charge in [0.15, 0.2) is 5.78 Å². The van der Waals surface area contributed by atoms with Crippen molar-refractivity contribution in [3.8, 4) is 6.07 Å². The normalized spacial score (nSPS) is 16.0. The molecule has 0 spiro atoms. The summed E-state index contributed by atoms with van der Waals surface area (Å²) in [5.74, 6) is -1.51. The Morgan fingerprint density at radius 2 is 1.88 bits per heavy atom. The topological polar surface area (TPSA) is 144 Å². The number of nitrogens with one attached hydrogen (secondary N) is 1. The molecule has 2 saturated heterocycles. The number of piperidine rings is 1. The van der Waals surface area contributed by atoms with Crippen LogP contribution in [0.1, 0.15) is 67.1 Å². The smallest absolute Gasteiger partial charge is 0.325 e. The van der Waals surface area contributed by atoms with E-state index in [1.54, 1.807) is 11.0 Å². The SMILES string of the molecule is CCCC(=O)c1cc(C#N)c(N2CCC(C(=O)NS(=O)(=O)N(C)c3ccc(F)cc3)CC2)nc1CN1CCCC1=O. The number of anilines is 2. The van der Waals surface area contributed by atoms with Crippen molar-refractivity contribution in [1.29, 1.82) is 5.26 Å². The second-order valence-electron chi connectivity index (χ2n) is 10.2. The van der Waals surface area contributed by atoms with Crippen LogP contribution >= 0.6 is 0 Å². The molecule has 0 unspecified atom stereocenters. The lowest BCUT2D eigenvalue weighted by Gasteiger charge is -2.33. The van der Waals surface area contributed by atoms with Gasteiger partial charge >= 0.3 is 10.2 Å².